The molecular formula is C21H21Br5O5. The van der Waals surface area contributed by atoms with E-state index in [0.29, 0.717) is 54.0 Å². The summed E-state index contributed by atoms with van der Waals surface area (Å²) in [5.41, 5.74) is 4.05. The summed E-state index contributed by atoms with van der Waals surface area (Å²) in [4.78, 5) is 51.1. The van der Waals surface area contributed by atoms with Crippen molar-refractivity contribution in [2.75, 3.05) is 0 Å². The minimum Gasteiger partial charge on any atom is -0.298 e. The van der Waals surface area contributed by atoms with Crippen LogP contribution >= 0.6 is 76.0 Å². The van der Waals surface area contributed by atoms with Crippen LogP contribution in [0.1, 0.15) is 30.6 Å². The number of allylic oxidation sites excluding steroid dienone is 12. The van der Waals surface area contributed by atoms with E-state index >= 15 is 0 Å². The fraction of sp³-hybridized carbons (Fsp3) is 0.190. The normalized spacial score (nSPS) is 16.8. The van der Waals surface area contributed by atoms with E-state index in [2.05, 4.69) is 76.0 Å². The Balaban J connectivity index is -0.000000389. The standard InChI is InChI=1S/C7H6Br2O.C7H5BrO2.C7H6O2.Br2.2H2/c1-4-2-6(8)7(9)5(4)3-10;8-7-1-5(3-9)6(2-7)4-10;8-4-6-2-1-3-7(6)5-9;1-2;;/h3H,2H2,1H3;1,3-4H,2H2;1-2,4-5H,3H2;;2*1H/i;;;;1+1D;1+1. The molecule has 0 radical (unpaired) electrons. The van der Waals surface area contributed by atoms with E-state index < -0.39 is 0 Å². The van der Waals surface area contributed by atoms with Crippen LogP contribution in [0.2, 0.25) is 0 Å². The number of rotatable bonds is 5. The van der Waals surface area contributed by atoms with E-state index in [1.807, 2.05) is 6.92 Å². The third kappa shape index (κ3) is 9.69. The van der Waals surface area contributed by atoms with Crippen molar-refractivity contribution in [1.29, 1.82) is 0 Å². The summed E-state index contributed by atoms with van der Waals surface area (Å²) in [6.45, 7) is 1.96. The fourth-order valence-corrected chi connectivity index (χ4v) is 4.23. The molecule has 0 amide bonds. The second-order valence-corrected chi connectivity index (χ2v) is 8.78. The van der Waals surface area contributed by atoms with Gasteiger partial charge in [0, 0.05) is 86.8 Å². The van der Waals surface area contributed by atoms with Gasteiger partial charge in [-0.3, -0.25) is 24.0 Å². The summed E-state index contributed by atoms with van der Waals surface area (Å²) in [7, 11) is 0. The van der Waals surface area contributed by atoms with Crippen LogP contribution in [0.5, 0.6) is 0 Å². The quantitative estimate of drug-likeness (QED) is 0.280. The first-order valence-electron chi connectivity index (χ1n) is 9.46. The lowest BCUT2D eigenvalue weighted by Crippen LogP contribution is -1.85. The van der Waals surface area contributed by atoms with Crippen molar-refractivity contribution in [2.24, 2.45) is 0 Å². The minimum atomic E-state index is 0. The molecular weight excluding hydrogens is 732 g/mol. The molecule has 3 aliphatic rings. The molecule has 3 aliphatic carbocycles. The summed E-state index contributed by atoms with van der Waals surface area (Å²) < 4.78 is 12.9. The van der Waals surface area contributed by atoms with Crippen LogP contribution in [0.3, 0.4) is 0 Å². The molecule has 0 heterocycles. The molecule has 0 aromatic carbocycles. The van der Waals surface area contributed by atoms with Crippen LogP contribution in [-0.2, 0) is 24.0 Å². The zero-order valence-corrected chi connectivity index (χ0v) is 24.1. The van der Waals surface area contributed by atoms with Gasteiger partial charge in [-0.05, 0) is 35.4 Å². The van der Waals surface area contributed by atoms with Gasteiger partial charge in [0.25, 0.3) is 0 Å². The molecule has 0 N–H and O–H groups in total. The molecule has 0 unspecified atom stereocenters. The van der Waals surface area contributed by atoms with Crippen LogP contribution in [0, 0.1) is 0 Å². The maximum absolute atomic E-state index is 10.4. The van der Waals surface area contributed by atoms with Crippen LogP contribution in [0.25, 0.3) is 0 Å². The van der Waals surface area contributed by atoms with Gasteiger partial charge < -0.3 is 0 Å². The Kier molecular flexibility index (Phi) is 15.3. The van der Waals surface area contributed by atoms with Crippen molar-refractivity contribution in [3.05, 3.63) is 65.1 Å². The number of halogens is 5. The number of hydrogen-bond donors (Lipinski definition) is 0. The van der Waals surface area contributed by atoms with Gasteiger partial charge in [0.1, 0.15) is 25.1 Å². The van der Waals surface area contributed by atoms with Crippen molar-refractivity contribution >= 4 is 107 Å². The Hall–Kier alpha value is -0.810. The van der Waals surface area contributed by atoms with Gasteiger partial charge in [-0.25, -0.2) is 0 Å². The third-order valence-corrected chi connectivity index (χ3v) is 6.68. The summed E-state index contributed by atoms with van der Waals surface area (Å²) in [6, 6.07) is 0. The van der Waals surface area contributed by atoms with E-state index in [4.69, 9.17) is 2.97 Å². The van der Waals surface area contributed by atoms with E-state index in [-0.39, 0.29) is 1.43 Å². The first-order valence-corrected chi connectivity index (χ1v) is 14.6. The van der Waals surface area contributed by atoms with Gasteiger partial charge in [0.15, 0.2) is 6.29 Å². The Morgan fingerprint density at radius 3 is 1.74 bits per heavy atom. The summed E-state index contributed by atoms with van der Waals surface area (Å²) in [5.74, 6) is 0. The average Bonchev–Trinajstić information content (AvgIpc) is 3.53. The number of aldehydes is 5. The highest BCUT2D eigenvalue weighted by Crippen LogP contribution is 2.37. The summed E-state index contributed by atoms with van der Waals surface area (Å²) in [6.07, 6.45) is 10.9. The molecule has 0 saturated carbocycles. The zero-order chi connectivity index (χ0) is 26.0. The van der Waals surface area contributed by atoms with Gasteiger partial charge in [-0.2, -0.15) is 0 Å². The second-order valence-electron chi connectivity index (χ2n) is 6.01. The smallest absolute Gasteiger partial charge is 0.151 e. The first kappa shape index (κ1) is 28.2. The van der Waals surface area contributed by atoms with Crippen molar-refractivity contribution in [2.45, 2.75) is 26.2 Å². The molecule has 0 aliphatic heterocycles. The van der Waals surface area contributed by atoms with Crippen molar-refractivity contribution in [1.82, 2.24) is 0 Å². The minimum absolute atomic E-state index is 0. The molecule has 10 heteroatoms. The van der Waals surface area contributed by atoms with Gasteiger partial charge in [0.2, 0.25) is 0 Å². The molecule has 0 aromatic heterocycles. The summed E-state index contributed by atoms with van der Waals surface area (Å²) in [5, 5.41) is 0. The van der Waals surface area contributed by atoms with E-state index in [1.165, 1.54) is 0 Å². The lowest BCUT2D eigenvalue weighted by atomic mass is 10.2. The van der Waals surface area contributed by atoms with E-state index in [9.17, 15) is 24.0 Å². The second kappa shape index (κ2) is 16.8. The number of hydrogen-bond acceptors (Lipinski definition) is 5. The first-order chi connectivity index (χ1) is 15.8. The molecule has 0 saturated heterocycles. The Morgan fingerprint density at radius 1 is 0.839 bits per heavy atom. The molecule has 0 bridgehead atoms. The van der Waals surface area contributed by atoms with E-state index in [0.717, 1.165) is 43.6 Å². The molecule has 5 nitrogen and oxygen atoms in total. The van der Waals surface area contributed by atoms with Gasteiger partial charge in [0.05, 0.1) is 0 Å². The highest BCUT2D eigenvalue weighted by atomic mass is 80.9. The Morgan fingerprint density at radius 2 is 1.42 bits per heavy atom. The predicted octanol–water partition coefficient (Wildman–Crippen LogP) is 7.09. The average molecular weight is 756 g/mol. The maximum Gasteiger partial charge on any atom is 0.151 e. The molecule has 170 valence electrons. The molecule has 31 heavy (non-hydrogen) atoms. The lowest BCUT2D eigenvalue weighted by molar-refractivity contribution is -0.107. The highest BCUT2D eigenvalue weighted by Gasteiger charge is 2.17. The molecule has 0 aromatic rings. The highest BCUT2D eigenvalue weighted by molar-refractivity contribution is 9.93. The summed E-state index contributed by atoms with van der Waals surface area (Å²) >= 11 is 15.4. The van der Waals surface area contributed by atoms with Gasteiger partial charge in [-0.1, -0.05) is 49.6 Å². The molecule has 0 spiro atoms. The fourth-order valence-electron chi connectivity index (χ4n) is 2.48. The van der Waals surface area contributed by atoms with Crippen molar-refractivity contribution in [3.63, 3.8) is 0 Å². The van der Waals surface area contributed by atoms with Gasteiger partial charge >= 0.3 is 0 Å². The lowest BCUT2D eigenvalue weighted by Gasteiger charge is -1.90. The maximum atomic E-state index is 10.4. The molecule has 3 rings (SSSR count). The monoisotopic (exact) mass is 751 g/mol. The van der Waals surface area contributed by atoms with Crippen LogP contribution in [0.4, 0.5) is 0 Å². The molecule has 0 atom stereocenters. The number of carbonyl (C=O) groups is 5. The Bertz CT molecular complexity index is 929. The third-order valence-electron chi connectivity index (χ3n) is 4.06. The Labute approximate surface area is 225 Å². The zero-order valence-electron chi connectivity index (χ0n) is 18.2. The number of carbonyl (C=O) groups excluding carboxylic acids is 5. The predicted molar refractivity (Wildman–Crippen MR) is 144 cm³/mol. The van der Waals surface area contributed by atoms with E-state index in [1.54, 1.807) is 18.2 Å². The van der Waals surface area contributed by atoms with Crippen LogP contribution in [-0.4, -0.2) is 31.4 Å². The van der Waals surface area contributed by atoms with Crippen LogP contribution in [0.15, 0.2) is 65.1 Å². The SMILES string of the molecule is BrBr.CC1=C(C=O)C(Br)=C(Br)C1.O=CC1=C(C=O)CC(Br)=C1.O=CC1=C(C=O)CC=C1.[2HH].[2H][2H]. The van der Waals surface area contributed by atoms with Crippen molar-refractivity contribution < 1.29 is 28.4 Å². The van der Waals surface area contributed by atoms with Crippen molar-refractivity contribution in [3.8, 4) is 0 Å². The largest absolute Gasteiger partial charge is 0.298 e. The topological polar surface area (TPSA) is 85.3 Å². The molecule has 0 fully saturated rings. The van der Waals surface area contributed by atoms with Crippen LogP contribution < -0.4 is 0 Å². The van der Waals surface area contributed by atoms with Gasteiger partial charge in [-0.15, -0.1) is 0 Å².